The third-order valence-electron chi connectivity index (χ3n) is 3.88. The van der Waals surface area contributed by atoms with Crippen LogP contribution in [0.2, 0.25) is 0 Å². The largest absolute Gasteiger partial charge is 0.340 e. The predicted octanol–water partition coefficient (Wildman–Crippen LogP) is 2.95. The van der Waals surface area contributed by atoms with Crippen molar-refractivity contribution in [2.45, 2.75) is 25.8 Å². The lowest BCUT2D eigenvalue weighted by atomic mass is 10.2. The monoisotopic (exact) mass is 281 g/mol. The highest BCUT2D eigenvalue weighted by Crippen LogP contribution is 2.28. The van der Waals surface area contributed by atoms with Crippen LogP contribution in [-0.2, 0) is 11.3 Å². The number of para-hydroxylation sites is 2. The van der Waals surface area contributed by atoms with E-state index in [9.17, 15) is 4.79 Å². The Kier molecular flexibility index (Phi) is 3.88. The molecule has 3 N–H and O–H groups in total. The van der Waals surface area contributed by atoms with Crippen molar-refractivity contribution in [1.29, 1.82) is 0 Å². The van der Waals surface area contributed by atoms with Crippen LogP contribution in [0.3, 0.4) is 0 Å². The van der Waals surface area contributed by atoms with Crippen LogP contribution >= 0.6 is 0 Å². The summed E-state index contributed by atoms with van der Waals surface area (Å²) in [5.41, 5.74) is 4.68. The molecule has 3 rings (SSSR count). The molecule has 0 unspecified atom stereocenters. The van der Waals surface area contributed by atoms with E-state index >= 15 is 0 Å². The Hall–Kier alpha value is -2.33. The third kappa shape index (κ3) is 2.62. The SMILES string of the molecule is NNC(=O)CCCCn1c2ccccc2c2ccccc21. The zero-order valence-electron chi connectivity index (χ0n) is 11.9. The predicted molar refractivity (Wildman–Crippen MR) is 85.6 cm³/mol. The van der Waals surface area contributed by atoms with E-state index in [1.165, 1.54) is 21.8 Å². The van der Waals surface area contributed by atoms with Crippen molar-refractivity contribution in [1.82, 2.24) is 9.99 Å². The number of hydrazine groups is 1. The Morgan fingerprint density at radius 3 is 2.10 bits per heavy atom. The van der Waals surface area contributed by atoms with E-state index in [1.54, 1.807) is 0 Å². The Morgan fingerprint density at radius 2 is 1.52 bits per heavy atom. The number of amides is 1. The molecular weight excluding hydrogens is 262 g/mol. The summed E-state index contributed by atoms with van der Waals surface area (Å²) >= 11 is 0. The van der Waals surface area contributed by atoms with E-state index in [-0.39, 0.29) is 5.91 Å². The zero-order chi connectivity index (χ0) is 14.7. The van der Waals surface area contributed by atoms with Gasteiger partial charge in [0.1, 0.15) is 0 Å². The van der Waals surface area contributed by atoms with Gasteiger partial charge in [-0.1, -0.05) is 36.4 Å². The first-order chi connectivity index (χ1) is 10.3. The minimum absolute atomic E-state index is 0.0998. The number of aryl methyl sites for hydroxylation is 1. The maximum Gasteiger partial charge on any atom is 0.233 e. The Balaban J connectivity index is 1.88. The van der Waals surface area contributed by atoms with Crippen molar-refractivity contribution in [3.8, 4) is 0 Å². The lowest BCUT2D eigenvalue weighted by Gasteiger charge is -2.07. The van der Waals surface area contributed by atoms with Gasteiger partial charge in [-0.05, 0) is 25.0 Å². The van der Waals surface area contributed by atoms with Crippen LogP contribution in [0, 0.1) is 0 Å². The average Bonchev–Trinajstić information content (AvgIpc) is 2.86. The fourth-order valence-corrected chi connectivity index (χ4v) is 2.87. The molecule has 0 aliphatic heterocycles. The van der Waals surface area contributed by atoms with Crippen LogP contribution in [-0.4, -0.2) is 10.5 Å². The molecule has 1 aromatic heterocycles. The van der Waals surface area contributed by atoms with Crippen molar-refractivity contribution in [3.05, 3.63) is 48.5 Å². The molecule has 4 nitrogen and oxygen atoms in total. The number of nitrogens with zero attached hydrogens (tertiary/aromatic N) is 1. The summed E-state index contributed by atoms with van der Waals surface area (Å²) in [6, 6.07) is 16.9. The molecule has 1 amide bonds. The van der Waals surface area contributed by atoms with Gasteiger partial charge in [0, 0.05) is 34.8 Å². The summed E-state index contributed by atoms with van der Waals surface area (Å²) in [5, 5.41) is 2.57. The minimum Gasteiger partial charge on any atom is -0.340 e. The van der Waals surface area contributed by atoms with Crippen LogP contribution in [0.5, 0.6) is 0 Å². The van der Waals surface area contributed by atoms with Crippen molar-refractivity contribution in [2.75, 3.05) is 0 Å². The molecule has 0 radical (unpaired) electrons. The van der Waals surface area contributed by atoms with Crippen LogP contribution in [0.4, 0.5) is 0 Å². The van der Waals surface area contributed by atoms with Crippen molar-refractivity contribution < 1.29 is 4.79 Å². The van der Waals surface area contributed by atoms with E-state index in [2.05, 4.69) is 58.5 Å². The first-order valence-electron chi connectivity index (χ1n) is 7.26. The van der Waals surface area contributed by atoms with Gasteiger partial charge in [0.2, 0.25) is 5.91 Å². The van der Waals surface area contributed by atoms with Gasteiger partial charge in [0.25, 0.3) is 0 Å². The minimum atomic E-state index is -0.0998. The molecule has 3 aromatic rings. The maximum absolute atomic E-state index is 11.2. The second-order valence-corrected chi connectivity index (χ2v) is 5.21. The van der Waals surface area contributed by atoms with Crippen molar-refractivity contribution in [3.63, 3.8) is 0 Å². The second-order valence-electron chi connectivity index (χ2n) is 5.21. The lowest BCUT2D eigenvalue weighted by molar-refractivity contribution is -0.121. The number of carbonyl (C=O) groups is 1. The smallest absolute Gasteiger partial charge is 0.233 e. The Morgan fingerprint density at radius 1 is 0.952 bits per heavy atom. The highest BCUT2D eigenvalue weighted by Gasteiger charge is 2.09. The molecule has 4 heteroatoms. The van der Waals surface area contributed by atoms with Crippen molar-refractivity contribution in [2.24, 2.45) is 5.84 Å². The Labute approximate surface area is 123 Å². The molecular formula is C17H19N3O. The summed E-state index contributed by atoms with van der Waals surface area (Å²) in [5.74, 6) is 4.99. The number of unbranched alkanes of at least 4 members (excludes halogenated alkanes) is 1. The van der Waals surface area contributed by atoms with Gasteiger partial charge in [-0.2, -0.15) is 0 Å². The number of nitrogens with one attached hydrogen (secondary N) is 1. The molecule has 0 saturated carbocycles. The van der Waals surface area contributed by atoms with Crippen LogP contribution in [0.15, 0.2) is 48.5 Å². The number of carbonyl (C=O) groups excluding carboxylic acids is 1. The van der Waals surface area contributed by atoms with Gasteiger partial charge in [-0.25, -0.2) is 5.84 Å². The molecule has 0 aliphatic rings. The summed E-state index contributed by atoms with van der Waals surface area (Å²) in [7, 11) is 0. The quantitative estimate of drug-likeness (QED) is 0.327. The Bertz CT molecular complexity index is 723. The fourth-order valence-electron chi connectivity index (χ4n) is 2.87. The normalized spacial score (nSPS) is 11.1. The molecule has 21 heavy (non-hydrogen) atoms. The summed E-state index contributed by atoms with van der Waals surface area (Å²) < 4.78 is 2.34. The van der Waals surface area contributed by atoms with Gasteiger partial charge < -0.3 is 4.57 Å². The standard InChI is InChI=1S/C17H19N3O/c18-19-17(21)11-5-6-12-20-15-9-3-1-7-13(15)14-8-2-4-10-16(14)20/h1-4,7-10H,5-6,11-12,18H2,(H,19,21). The van der Waals surface area contributed by atoms with Gasteiger partial charge in [-0.3, -0.25) is 10.2 Å². The molecule has 0 fully saturated rings. The molecule has 2 aromatic carbocycles. The van der Waals surface area contributed by atoms with Gasteiger partial charge in [0.15, 0.2) is 0 Å². The number of benzene rings is 2. The highest BCUT2D eigenvalue weighted by atomic mass is 16.2. The third-order valence-corrected chi connectivity index (χ3v) is 3.88. The average molecular weight is 281 g/mol. The molecule has 0 spiro atoms. The van der Waals surface area contributed by atoms with Crippen LogP contribution < -0.4 is 11.3 Å². The summed E-state index contributed by atoms with van der Waals surface area (Å²) in [4.78, 5) is 11.2. The highest BCUT2D eigenvalue weighted by molar-refractivity contribution is 6.07. The van der Waals surface area contributed by atoms with Gasteiger partial charge >= 0.3 is 0 Å². The topological polar surface area (TPSA) is 60.0 Å². The summed E-state index contributed by atoms with van der Waals surface area (Å²) in [6.45, 7) is 0.909. The van der Waals surface area contributed by atoms with E-state index in [0.29, 0.717) is 6.42 Å². The number of hydrogen-bond donors (Lipinski definition) is 2. The molecule has 108 valence electrons. The molecule has 0 bridgehead atoms. The zero-order valence-corrected chi connectivity index (χ0v) is 11.9. The summed E-state index contributed by atoms with van der Waals surface area (Å²) in [6.07, 6.45) is 2.27. The first kappa shape index (κ1) is 13.6. The van der Waals surface area contributed by atoms with E-state index < -0.39 is 0 Å². The number of aromatic nitrogens is 1. The van der Waals surface area contributed by atoms with Gasteiger partial charge in [-0.15, -0.1) is 0 Å². The number of hydrogen-bond acceptors (Lipinski definition) is 2. The van der Waals surface area contributed by atoms with E-state index in [1.807, 2.05) is 0 Å². The van der Waals surface area contributed by atoms with Crippen molar-refractivity contribution >= 4 is 27.7 Å². The van der Waals surface area contributed by atoms with Crippen LogP contribution in [0.25, 0.3) is 21.8 Å². The number of nitrogens with two attached hydrogens (primary N) is 1. The van der Waals surface area contributed by atoms with E-state index in [4.69, 9.17) is 5.84 Å². The van der Waals surface area contributed by atoms with Gasteiger partial charge in [0.05, 0.1) is 0 Å². The molecule has 0 atom stereocenters. The fraction of sp³-hybridized carbons (Fsp3) is 0.235. The number of rotatable bonds is 5. The lowest BCUT2D eigenvalue weighted by Crippen LogP contribution is -2.29. The number of fused-ring (bicyclic) bond motifs is 3. The molecule has 1 heterocycles. The maximum atomic E-state index is 11.2. The first-order valence-corrected chi connectivity index (χ1v) is 7.26. The second kappa shape index (κ2) is 5.97. The van der Waals surface area contributed by atoms with E-state index in [0.717, 1.165) is 19.4 Å². The molecule has 0 aliphatic carbocycles. The molecule has 0 saturated heterocycles. The van der Waals surface area contributed by atoms with Crippen LogP contribution in [0.1, 0.15) is 19.3 Å².